The van der Waals surface area contributed by atoms with Crippen molar-refractivity contribution >= 4 is 11.6 Å². The van der Waals surface area contributed by atoms with E-state index in [1.165, 1.54) is 56.9 Å². The van der Waals surface area contributed by atoms with Crippen LogP contribution in [-0.2, 0) is 6.61 Å². The minimum absolute atomic E-state index is 0.0340. The first-order valence-electron chi connectivity index (χ1n) is 11.4. The van der Waals surface area contributed by atoms with E-state index in [-0.39, 0.29) is 10.8 Å². The summed E-state index contributed by atoms with van der Waals surface area (Å²) >= 11 is 6.10. The average Bonchev–Trinajstić information content (AvgIpc) is 2.78. The summed E-state index contributed by atoms with van der Waals surface area (Å²) in [5.74, 6) is 1.52. The third kappa shape index (κ3) is 6.14. The monoisotopic (exact) mass is 432 g/mol. The summed E-state index contributed by atoms with van der Waals surface area (Å²) in [5, 5.41) is -0.0340. The number of hydrogen-bond donors (Lipinski definition) is 0. The molecule has 164 valence electrons. The predicted molar refractivity (Wildman–Crippen MR) is 122 cm³/mol. The highest BCUT2D eigenvalue weighted by molar-refractivity contribution is 6.32. The fourth-order valence-electron chi connectivity index (χ4n) is 4.41. The first kappa shape index (κ1) is 22.9. The van der Waals surface area contributed by atoms with Crippen LogP contribution >= 0.6 is 11.6 Å². The lowest BCUT2D eigenvalue weighted by atomic mass is 9.77. The van der Waals surface area contributed by atoms with Crippen molar-refractivity contribution in [2.45, 2.75) is 77.7 Å². The van der Waals surface area contributed by atoms with Crippen molar-refractivity contribution in [2.24, 2.45) is 5.92 Å². The molecular formula is C26H34ClFO2. The van der Waals surface area contributed by atoms with Gasteiger partial charge in [-0.3, -0.25) is 0 Å². The molecule has 0 aromatic heterocycles. The number of hydrogen-bond acceptors (Lipinski definition) is 2. The molecule has 1 aliphatic rings. The molecule has 0 atom stereocenters. The zero-order valence-corrected chi connectivity index (χ0v) is 19.0. The van der Waals surface area contributed by atoms with Crippen LogP contribution < -0.4 is 9.47 Å². The highest BCUT2D eigenvalue weighted by Crippen LogP contribution is 2.38. The molecule has 0 amide bonds. The van der Waals surface area contributed by atoms with Crippen LogP contribution in [0.5, 0.6) is 11.5 Å². The van der Waals surface area contributed by atoms with Crippen LogP contribution in [-0.4, -0.2) is 6.61 Å². The Labute approximate surface area is 185 Å². The SMILES string of the molecule is CCCCCC1CCC(c2ccc(COc3ccc(OCC)c(F)c3Cl)cc2)CC1. The van der Waals surface area contributed by atoms with E-state index < -0.39 is 5.82 Å². The maximum atomic E-state index is 14.2. The Hall–Kier alpha value is -1.74. The van der Waals surface area contributed by atoms with Crippen molar-refractivity contribution in [3.05, 3.63) is 58.4 Å². The first-order valence-corrected chi connectivity index (χ1v) is 11.8. The predicted octanol–water partition coefficient (Wildman–Crippen LogP) is 8.31. The van der Waals surface area contributed by atoms with Gasteiger partial charge in [0.2, 0.25) is 0 Å². The minimum Gasteiger partial charge on any atom is -0.491 e. The maximum Gasteiger partial charge on any atom is 0.187 e. The smallest absolute Gasteiger partial charge is 0.187 e. The Kier molecular flexibility index (Phi) is 8.87. The van der Waals surface area contributed by atoms with Crippen molar-refractivity contribution in [2.75, 3.05) is 6.61 Å². The van der Waals surface area contributed by atoms with Crippen molar-refractivity contribution < 1.29 is 13.9 Å². The normalized spacial score (nSPS) is 18.9. The van der Waals surface area contributed by atoms with Gasteiger partial charge in [-0.25, -0.2) is 4.39 Å². The van der Waals surface area contributed by atoms with Crippen molar-refractivity contribution in [1.29, 1.82) is 0 Å². The van der Waals surface area contributed by atoms with E-state index in [1.54, 1.807) is 19.1 Å². The molecule has 0 aliphatic heterocycles. The second-order valence-electron chi connectivity index (χ2n) is 8.37. The molecule has 30 heavy (non-hydrogen) atoms. The molecule has 3 rings (SSSR count). The summed E-state index contributed by atoms with van der Waals surface area (Å²) in [5.41, 5.74) is 2.48. The lowest BCUT2D eigenvalue weighted by Crippen LogP contribution is -2.13. The van der Waals surface area contributed by atoms with E-state index >= 15 is 0 Å². The standard InChI is InChI=1S/C26H34ClFO2/c1-3-5-6-7-19-8-12-21(13-9-19)22-14-10-20(11-15-22)18-30-23-16-17-24(29-4-2)26(28)25(23)27/h10-11,14-17,19,21H,3-9,12-13,18H2,1-2H3. The van der Waals surface area contributed by atoms with Gasteiger partial charge in [-0.2, -0.15) is 0 Å². The third-order valence-corrected chi connectivity index (χ3v) is 6.57. The Morgan fingerprint density at radius 1 is 0.900 bits per heavy atom. The fourth-order valence-corrected chi connectivity index (χ4v) is 4.62. The largest absolute Gasteiger partial charge is 0.491 e. The summed E-state index contributed by atoms with van der Waals surface area (Å²) in [6.45, 7) is 4.83. The summed E-state index contributed by atoms with van der Waals surface area (Å²) in [4.78, 5) is 0. The molecule has 0 unspecified atom stereocenters. The molecular weight excluding hydrogens is 399 g/mol. The van der Waals surface area contributed by atoms with Crippen LogP contribution in [0.3, 0.4) is 0 Å². The number of halogens is 2. The average molecular weight is 433 g/mol. The van der Waals surface area contributed by atoms with Crippen molar-refractivity contribution in [3.8, 4) is 11.5 Å². The maximum absolute atomic E-state index is 14.2. The second kappa shape index (κ2) is 11.6. The van der Waals surface area contributed by atoms with Gasteiger partial charge in [0, 0.05) is 0 Å². The summed E-state index contributed by atoms with van der Waals surface area (Å²) in [6.07, 6.45) is 10.8. The quantitative estimate of drug-likeness (QED) is 0.351. The molecule has 1 aliphatic carbocycles. The van der Waals surface area contributed by atoms with E-state index in [0.29, 0.717) is 24.9 Å². The topological polar surface area (TPSA) is 18.5 Å². The van der Waals surface area contributed by atoms with E-state index in [9.17, 15) is 4.39 Å². The molecule has 0 spiro atoms. The zero-order valence-electron chi connectivity index (χ0n) is 18.3. The summed E-state index contributed by atoms with van der Waals surface area (Å²) < 4.78 is 25.2. The van der Waals surface area contributed by atoms with Crippen molar-refractivity contribution in [1.82, 2.24) is 0 Å². The Morgan fingerprint density at radius 3 is 2.27 bits per heavy atom. The molecule has 4 heteroatoms. The van der Waals surface area contributed by atoms with Crippen LogP contribution in [0.15, 0.2) is 36.4 Å². The molecule has 2 nitrogen and oxygen atoms in total. The minimum atomic E-state index is -0.573. The van der Waals surface area contributed by atoms with Gasteiger partial charge in [0.05, 0.1) is 6.61 Å². The second-order valence-corrected chi connectivity index (χ2v) is 8.74. The van der Waals surface area contributed by atoms with Gasteiger partial charge >= 0.3 is 0 Å². The molecule has 1 fully saturated rings. The van der Waals surface area contributed by atoms with E-state index in [1.807, 2.05) is 0 Å². The van der Waals surface area contributed by atoms with Gasteiger partial charge in [-0.1, -0.05) is 68.5 Å². The van der Waals surface area contributed by atoms with Crippen molar-refractivity contribution in [3.63, 3.8) is 0 Å². The highest BCUT2D eigenvalue weighted by Gasteiger charge is 2.22. The highest BCUT2D eigenvalue weighted by atomic mass is 35.5. The van der Waals surface area contributed by atoms with Crippen LogP contribution in [0.25, 0.3) is 0 Å². The summed E-state index contributed by atoms with van der Waals surface area (Å²) in [6, 6.07) is 11.9. The summed E-state index contributed by atoms with van der Waals surface area (Å²) in [7, 11) is 0. The van der Waals surface area contributed by atoms with Gasteiger partial charge in [-0.05, 0) is 67.7 Å². The van der Waals surface area contributed by atoms with E-state index in [0.717, 1.165) is 11.5 Å². The zero-order chi connectivity index (χ0) is 21.3. The Morgan fingerprint density at radius 2 is 1.60 bits per heavy atom. The van der Waals surface area contributed by atoms with Gasteiger partial charge in [0.1, 0.15) is 17.4 Å². The number of benzene rings is 2. The lowest BCUT2D eigenvalue weighted by Gasteiger charge is -2.29. The molecule has 0 saturated heterocycles. The third-order valence-electron chi connectivity index (χ3n) is 6.22. The Balaban J connectivity index is 1.50. The van der Waals surface area contributed by atoms with Gasteiger partial charge < -0.3 is 9.47 Å². The molecule has 1 saturated carbocycles. The molecule has 0 bridgehead atoms. The molecule has 2 aromatic rings. The first-order chi connectivity index (χ1) is 14.6. The van der Waals surface area contributed by atoms with Crippen LogP contribution in [0, 0.1) is 11.7 Å². The van der Waals surface area contributed by atoms with Gasteiger partial charge in [-0.15, -0.1) is 0 Å². The lowest BCUT2D eigenvalue weighted by molar-refractivity contribution is 0.297. The molecule has 0 N–H and O–H groups in total. The molecule has 0 heterocycles. The number of unbranched alkanes of at least 4 members (excludes halogenated alkanes) is 2. The molecule has 2 aromatic carbocycles. The van der Waals surface area contributed by atoms with E-state index in [4.69, 9.17) is 21.1 Å². The van der Waals surface area contributed by atoms with Crippen LogP contribution in [0.1, 0.15) is 82.3 Å². The van der Waals surface area contributed by atoms with Crippen LogP contribution in [0.4, 0.5) is 4.39 Å². The number of ether oxygens (including phenoxy) is 2. The molecule has 0 radical (unpaired) electrons. The number of rotatable bonds is 10. The fraction of sp³-hybridized carbons (Fsp3) is 0.538. The van der Waals surface area contributed by atoms with E-state index in [2.05, 4.69) is 31.2 Å². The van der Waals surface area contributed by atoms with Gasteiger partial charge in [0.15, 0.2) is 11.6 Å². The van der Waals surface area contributed by atoms with Crippen LogP contribution in [0.2, 0.25) is 5.02 Å². The van der Waals surface area contributed by atoms with Gasteiger partial charge in [0.25, 0.3) is 0 Å². The Bertz CT molecular complexity index is 782.